The zero-order valence-corrected chi connectivity index (χ0v) is 22.2. The molecule has 0 radical (unpaired) electrons. The molecule has 0 aliphatic heterocycles. The number of esters is 1. The van der Waals surface area contributed by atoms with Crippen LogP contribution in [0.5, 0.6) is 0 Å². The number of halogens is 3. The predicted octanol–water partition coefficient (Wildman–Crippen LogP) is 5.57. The van der Waals surface area contributed by atoms with Gasteiger partial charge in [-0.15, -0.1) is 11.3 Å². The van der Waals surface area contributed by atoms with Crippen LogP contribution in [0.1, 0.15) is 44.8 Å². The molecule has 0 saturated heterocycles. The first kappa shape index (κ1) is 27.6. The molecule has 0 unspecified atom stereocenters. The molecule has 1 aromatic heterocycles. The monoisotopic (exact) mass is 566 g/mol. The van der Waals surface area contributed by atoms with Gasteiger partial charge in [-0.2, -0.15) is 13.2 Å². The molecule has 0 fully saturated rings. The number of methoxy groups -OCH3 is 1. The molecule has 1 heterocycles. The van der Waals surface area contributed by atoms with Crippen LogP contribution in [0, 0.1) is 6.92 Å². The van der Waals surface area contributed by atoms with E-state index in [1.54, 1.807) is 19.1 Å². The van der Waals surface area contributed by atoms with E-state index in [1.165, 1.54) is 36.6 Å². The van der Waals surface area contributed by atoms with Gasteiger partial charge in [0.1, 0.15) is 11.5 Å². The fourth-order valence-electron chi connectivity index (χ4n) is 4.26. The maximum absolute atomic E-state index is 13.6. The number of fused-ring (bicyclic) bond motifs is 1. The van der Waals surface area contributed by atoms with Crippen molar-refractivity contribution in [3.8, 4) is 0 Å². The third-order valence-electron chi connectivity index (χ3n) is 6.17. The summed E-state index contributed by atoms with van der Waals surface area (Å²) in [5.41, 5.74) is 0.426. The second kappa shape index (κ2) is 10.8. The van der Waals surface area contributed by atoms with Crippen LogP contribution in [0.3, 0.4) is 0 Å². The molecule has 1 amide bonds. The van der Waals surface area contributed by atoms with Crippen LogP contribution < -0.4 is 9.62 Å². The van der Waals surface area contributed by atoms with Crippen molar-refractivity contribution in [2.45, 2.75) is 43.7 Å². The van der Waals surface area contributed by atoms with Crippen LogP contribution in [0.2, 0.25) is 0 Å². The molecular formula is C26H25F3N2O5S2. The normalized spacial score (nSPS) is 13.5. The van der Waals surface area contributed by atoms with Gasteiger partial charge in [0.2, 0.25) is 5.91 Å². The van der Waals surface area contributed by atoms with Crippen LogP contribution in [0.4, 0.5) is 23.9 Å². The third-order valence-corrected chi connectivity index (χ3v) is 9.17. The Labute approximate surface area is 222 Å². The largest absolute Gasteiger partial charge is 0.465 e. The molecule has 2 aromatic carbocycles. The number of alkyl halides is 3. The first-order chi connectivity index (χ1) is 17.9. The number of benzene rings is 2. The van der Waals surface area contributed by atoms with Crippen molar-refractivity contribution < 1.29 is 35.9 Å². The number of carbonyl (C=O) groups excluding carboxylic acids is 2. The lowest BCUT2D eigenvalue weighted by Crippen LogP contribution is -2.38. The smallest absolute Gasteiger partial charge is 0.416 e. The highest BCUT2D eigenvalue weighted by Gasteiger charge is 2.34. The number of amides is 1. The van der Waals surface area contributed by atoms with E-state index < -0.39 is 40.2 Å². The van der Waals surface area contributed by atoms with Crippen molar-refractivity contribution in [3.05, 3.63) is 75.7 Å². The number of anilines is 2. The van der Waals surface area contributed by atoms with Gasteiger partial charge >= 0.3 is 12.1 Å². The molecule has 4 rings (SSSR count). The average molecular weight is 567 g/mol. The number of nitrogens with one attached hydrogen (secondary N) is 1. The summed E-state index contributed by atoms with van der Waals surface area (Å²) in [6.45, 7) is 0.939. The van der Waals surface area contributed by atoms with Gasteiger partial charge in [-0.3, -0.25) is 9.10 Å². The third kappa shape index (κ3) is 5.70. The van der Waals surface area contributed by atoms with Crippen LogP contribution in [-0.2, 0) is 38.6 Å². The van der Waals surface area contributed by atoms with E-state index >= 15 is 0 Å². The van der Waals surface area contributed by atoms with Gasteiger partial charge in [0, 0.05) is 4.88 Å². The van der Waals surface area contributed by atoms with Gasteiger partial charge in [-0.05, 0) is 68.5 Å². The maximum atomic E-state index is 13.6. The van der Waals surface area contributed by atoms with Crippen LogP contribution in [0.15, 0.2) is 53.4 Å². The summed E-state index contributed by atoms with van der Waals surface area (Å²) in [6, 6.07) is 9.53. The first-order valence-electron chi connectivity index (χ1n) is 11.7. The molecule has 7 nitrogen and oxygen atoms in total. The van der Waals surface area contributed by atoms with Crippen molar-refractivity contribution in [2.75, 3.05) is 23.3 Å². The Morgan fingerprint density at radius 3 is 2.42 bits per heavy atom. The fraction of sp³-hybridized carbons (Fsp3) is 0.308. The van der Waals surface area contributed by atoms with E-state index in [4.69, 9.17) is 4.74 Å². The lowest BCUT2D eigenvalue weighted by atomic mass is 9.95. The number of nitrogens with zero attached hydrogens (tertiary/aromatic N) is 1. The quantitative estimate of drug-likeness (QED) is 0.377. The highest BCUT2D eigenvalue weighted by molar-refractivity contribution is 7.92. The number of thiophene rings is 1. The van der Waals surface area contributed by atoms with Gasteiger partial charge in [0.25, 0.3) is 10.0 Å². The predicted molar refractivity (Wildman–Crippen MR) is 138 cm³/mol. The van der Waals surface area contributed by atoms with Gasteiger partial charge in [-0.25, -0.2) is 13.2 Å². The Morgan fingerprint density at radius 2 is 1.76 bits per heavy atom. The minimum atomic E-state index is -4.72. The fourth-order valence-corrected chi connectivity index (χ4v) is 6.96. The van der Waals surface area contributed by atoms with Crippen LogP contribution in [0.25, 0.3) is 0 Å². The van der Waals surface area contributed by atoms with Gasteiger partial charge in [0.15, 0.2) is 0 Å². The molecule has 38 heavy (non-hydrogen) atoms. The number of carbonyl (C=O) groups is 2. The SMILES string of the molecule is COC(=O)c1c(NC(=O)CN(c2cccc(C(F)(F)F)c2)S(=O)(=O)c2ccc(C)cc2)sc2c1CCCC2. The number of hydrogen-bond acceptors (Lipinski definition) is 6. The molecule has 1 N–H and O–H groups in total. The van der Waals surface area contributed by atoms with E-state index in [0.29, 0.717) is 16.8 Å². The Kier molecular flexibility index (Phi) is 7.84. The van der Waals surface area contributed by atoms with E-state index in [1.807, 2.05) is 0 Å². The van der Waals surface area contributed by atoms with Crippen molar-refractivity contribution in [2.24, 2.45) is 0 Å². The molecule has 202 valence electrons. The lowest BCUT2D eigenvalue weighted by Gasteiger charge is -2.25. The van der Waals surface area contributed by atoms with Crippen LogP contribution >= 0.6 is 11.3 Å². The summed E-state index contributed by atoms with van der Waals surface area (Å²) in [5.74, 6) is -1.44. The second-order valence-electron chi connectivity index (χ2n) is 8.83. The zero-order chi connectivity index (χ0) is 27.7. The molecule has 0 spiro atoms. The average Bonchev–Trinajstić information content (AvgIpc) is 3.24. The Balaban J connectivity index is 1.72. The number of rotatable bonds is 7. The molecule has 1 aliphatic carbocycles. The number of sulfonamides is 1. The maximum Gasteiger partial charge on any atom is 0.416 e. The summed E-state index contributed by atoms with van der Waals surface area (Å²) >= 11 is 1.22. The van der Waals surface area contributed by atoms with Crippen molar-refractivity contribution in [3.63, 3.8) is 0 Å². The molecule has 3 aromatic rings. The minimum Gasteiger partial charge on any atom is -0.465 e. The van der Waals surface area contributed by atoms with Crippen LogP contribution in [-0.4, -0.2) is 33.9 Å². The minimum absolute atomic E-state index is 0.185. The summed E-state index contributed by atoms with van der Waals surface area (Å²) in [4.78, 5) is 26.5. The molecule has 12 heteroatoms. The Hall–Kier alpha value is -3.38. The summed E-state index contributed by atoms with van der Waals surface area (Å²) < 4.78 is 72.9. The molecule has 1 aliphatic rings. The molecular weight excluding hydrogens is 541 g/mol. The summed E-state index contributed by atoms with van der Waals surface area (Å²) in [6.07, 6.45) is -1.54. The lowest BCUT2D eigenvalue weighted by molar-refractivity contribution is -0.137. The molecule has 0 atom stereocenters. The Bertz CT molecular complexity index is 1460. The topological polar surface area (TPSA) is 92.8 Å². The number of aryl methyl sites for hydroxylation is 2. The first-order valence-corrected chi connectivity index (χ1v) is 14.0. The van der Waals surface area contributed by atoms with Crippen molar-refractivity contribution >= 4 is 43.9 Å². The standard InChI is InChI=1S/C26H25F3N2O5S2/c1-16-10-12-19(13-11-16)38(34,35)31(18-7-5-6-17(14-18)26(27,28)29)15-22(32)30-24-23(25(33)36-2)20-8-3-4-9-21(20)37-24/h5-7,10-14H,3-4,8-9,15H2,1-2H3,(H,30,32). The second-order valence-corrected chi connectivity index (χ2v) is 11.8. The van der Waals surface area contributed by atoms with Gasteiger partial charge < -0.3 is 10.1 Å². The van der Waals surface area contributed by atoms with E-state index in [0.717, 1.165) is 47.4 Å². The zero-order valence-electron chi connectivity index (χ0n) is 20.6. The highest BCUT2D eigenvalue weighted by Crippen LogP contribution is 2.39. The summed E-state index contributed by atoms with van der Waals surface area (Å²) in [5, 5.41) is 2.84. The van der Waals surface area contributed by atoms with E-state index in [2.05, 4.69) is 5.32 Å². The van der Waals surface area contributed by atoms with Gasteiger partial charge in [-0.1, -0.05) is 23.8 Å². The Morgan fingerprint density at radius 1 is 1.08 bits per heavy atom. The number of ether oxygens (including phenoxy) is 1. The van der Waals surface area contributed by atoms with Crippen molar-refractivity contribution in [1.29, 1.82) is 0 Å². The van der Waals surface area contributed by atoms with Crippen molar-refractivity contribution in [1.82, 2.24) is 0 Å². The highest BCUT2D eigenvalue weighted by atomic mass is 32.2. The molecule has 0 bridgehead atoms. The summed E-state index contributed by atoms with van der Waals surface area (Å²) in [7, 11) is -3.21. The van der Waals surface area contributed by atoms with Gasteiger partial charge in [0.05, 0.1) is 28.8 Å². The van der Waals surface area contributed by atoms with E-state index in [9.17, 15) is 31.2 Å². The number of hydrogen-bond donors (Lipinski definition) is 1. The van der Waals surface area contributed by atoms with E-state index in [-0.39, 0.29) is 21.1 Å². The molecule has 0 saturated carbocycles.